The van der Waals surface area contributed by atoms with Crippen LogP contribution in [-0.4, -0.2) is 15.9 Å². The van der Waals surface area contributed by atoms with Crippen LogP contribution in [0.25, 0.3) is 0 Å². The number of nitrogens with two attached hydrogens (primary N) is 1. The van der Waals surface area contributed by atoms with Crippen LogP contribution in [0.3, 0.4) is 0 Å². The summed E-state index contributed by atoms with van der Waals surface area (Å²) in [6.07, 6.45) is -4.63. The molecule has 0 amide bonds. The molecule has 0 saturated carbocycles. The van der Waals surface area contributed by atoms with E-state index in [0.717, 1.165) is 0 Å². The summed E-state index contributed by atoms with van der Waals surface area (Å²) >= 11 is 0. The lowest BCUT2D eigenvalue weighted by atomic mass is 10.1. The molecule has 0 aliphatic heterocycles. The van der Waals surface area contributed by atoms with E-state index in [-0.39, 0.29) is 6.07 Å². The van der Waals surface area contributed by atoms with E-state index in [0.29, 0.717) is 6.42 Å². The number of nitrogen functional groups attached to an aromatic ring is 1. The Morgan fingerprint density at radius 2 is 1.86 bits per heavy atom. The number of alkyl halides is 3. The predicted molar refractivity (Wildman–Crippen MR) is 72.5 cm³/mol. The Labute approximate surface area is 122 Å². The molecule has 0 radical (unpaired) electrons. The Kier molecular flexibility index (Phi) is 4.79. The number of rotatable bonds is 5. The quantitative estimate of drug-likeness (QED) is 0.487. The topological polar surface area (TPSA) is 124 Å². The lowest BCUT2D eigenvalue weighted by Gasteiger charge is -2.19. The second-order valence-corrected chi connectivity index (χ2v) is 4.55. The number of hydrogen-bond acceptors (Lipinski definition) is 6. The number of nitrogens with one attached hydrogen (secondary N) is 1. The summed E-state index contributed by atoms with van der Waals surface area (Å²) in [6, 6.07) is -0.326. The molecule has 1 atom stereocenters. The highest BCUT2D eigenvalue weighted by Gasteiger charge is 2.42. The minimum atomic E-state index is -5.01. The zero-order valence-electron chi connectivity index (χ0n) is 11.6. The van der Waals surface area contributed by atoms with Gasteiger partial charge in [-0.2, -0.15) is 13.2 Å². The van der Waals surface area contributed by atoms with E-state index in [9.17, 15) is 33.4 Å². The average molecular weight is 322 g/mol. The van der Waals surface area contributed by atoms with Crippen molar-refractivity contribution < 1.29 is 23.0 Å². The van der Waals surface area contributed by atoms with Gasteiger partial charge in [0.25, 0.3) is 5.69 Å². The summed E-state index contributed by atoms with van der Waals surface area (Å²) < 4.78 is 39.3. The summed E-state index contributed by atoms with van der Waals surface area (Å²) in [5.74, 6) is 0. The predicted octanol–water partition coefficient (Wildman–Crippen LogP) is 3.31. The Morgan fingerprint density at radius 1 is 1.32 bits per heavy atom. The van der Waals surface area contributed by atoms with Crippen molar-refractivity contribution in [1.29, 1.82) is 0 Å². The Balaban J connectivity index is 3.79. The minimum Gasteiger partial charge on any atom is -0.387 e. The van der Waals surface area contributed by atoms with Crippen LogP contribution in [-0.2, 0) is 6.18 Å². The highest BCUT2D eigenvalue weighted by atomic mass is 19.4. The van der Waals surface area contributed by atoms with Gasteiger partial charge in [-0.15, -0.1) is 0 Å². The fourth-order valence-electron chi connectivity index (χ4n) is 1.73. The van der Waals surface area contributed by atoms with Gasteiger partial charge < -0.3 is 11.1 Å². The Morgan fingerprint density at radius 3 is 2.23 bits per heavy atom. The standard InChI is InChI=1S/C11H13F3N4O4/c1-3-5(2)16-9-6(11(12,13)14)4-7(17(19)20)8(15)10(9)18(21)22/h4-5,16H,3,15H2,1-2H3. The van der Waals surface area contributed by atoms with E-state index in [2.05, 4.69) is 5.32 Å². The molecule has 3 N–H and O–H groups in total. The van der Waals surface area contributed by atoms with Crippen LogP contribution < -0.4 is 11.1 Å². The van der Waals surface area contributed by atoms with Crippen molar-refractivity contribution >= 4 is 22.7 Å². The van der Waals surface area contributed by atoms with Gasteiger partial charge in [-0.05, 0) is 13.3 Å². The second kappa shape index (κ2) is 6.03. The smallest absolute Gasteiger partial charge is 0.387 e. The lowest BCUT2D eigenvalue weighted by Crippen LogP contribution is -2.20. The van der Waals surface area contributed by atoms with Crippen molar-refractivity contribution in [2.24, 2.45) is 0 Å². The molecule has 1 unspecified atom stereocenters. The molecule has 0 aliphatic carbocycles. The molecular weight excluding hydrogens is 309 g/mol. The Bertz CT molecular complexity index is 618. The van der Waals surface area contributed by atoms with Crippen molar-refractivity contribution in [2.75, 3.05) is 11.1 Å². The summed E-state index contributed by atoms with van der Waals surface area (Å²) in [5.41, 5.74) is -0.273. The van der Waals surface area contributed by atoms with Crippen molar-refractivity contribution in [3.8, 4) is 0 Å². The molecule has 1 rings (SSSR count). The first-order chi connectivity index (χ1) is 10.0. The van der Waals surface area contributed by atoms with E-state index in [1.54, 1.807) is 6.92 Å². The van der Waals surface area contributed by atoms with Gasteiger partial charge in [0.15, 0.2) is 5.69 Å². The molecule has 1 aromatic carbocycles. The van der Waals surface area contributed by atoms with Gasteiger partial charge in [-0.1, -0.05) is 6.92 Å². The maximum atomic E-state index is 13.1. The maximum absolute atomic E-state index is 13.1. The molecule has 0 saturated heterocycles. The molecule has 22 heavy (non-hydrogen) atoms. The lowest BCUT2D eigenvalue weighted by molar-refractivity contribution is -0.392. The van der Waals surface area contributed by atoms with Crippen molar-refractivity contribution in [3.63, 3.8) is 0 Å². The largest absolute Gasteiger partial charge is 0.418 e. The zero-order valence-corrected chi connectivity index (χ0v) is 11.6. The van der Waals surface area contributed by atoms with Gasteiger partial charge in [-0.3, -0.25) is 20.2 Å². The van der Waals surface area contributed by atoms with Gasteiger partial charge in [0.05, 0.1) is 15.4 Å². The zero-order chi connectivity index (χ0) is 17.2. The molecule has 0 bridgehead atoms. The van der Waals surface area contributed by atoms with Gasteiger partial charge in [-0.25, -0.2) is 0 Å². The van der Waals surface area contributed by atoms with Gasteiger partial charge >= 0.3 is 11.9 Å². The summed E-state index contributed by atoms with van der Waals surface area (Å²) in [4.78, 5) is 19.5. The van der Waals surface area contributed by atoms with E-state index >= 15 is 0 Å². The number of hydrogen-bond donors (Lipinski definition) is 2. The highest BCUT2D eigenvalue weighted by molar-refractivity contribution is 5.85. The first kappa shape index (κ1) is 17.5. The molecule has 122 valence electrons. The number of halogens is 3. The van der Waals surface area contributed by atoms with Crippen LogP contribution in [0.2, 0.25) is 0 Å². The van der Waals surface area contributed by atoms with Crippen LogP contribution in [0.1, 0.15) is 25.8 Å². The van der Waals surface area contributed by atoms with Gasteiger partial charge in [0.1, 0.15) is 5.69 Å². The van der Waals surface area contributed by atoms with Crippen molar-refractivity contribution in [2.45, 2.75) is 32.5 Å². The number of nitrogens with zero attached hydrogens (tertiary/aromatic N) is 2. The van der Waals surface area contributed by atoms with E-state index in [4.69, 9.17) is 5.73 Å². The van der Waals surface area contributed by atoms with Crippen molar-refractivity contribution in [3.05, 3.63) is 31.9 Å². The van der Waals surface area contributed by atoms with Crippen LogP contribution in [0.4, 0.5) is 35.9 Å². The highest BCUT2D eigenvalue weighted by Crippen LogP contribution is 2.47. The summed E-state index contributed by atoms with van der Waals surface area (Å²) in [5, 5.41) is 24.2. The first-order valence-electron chi connectivity index (χ1n) is 6.09. The minimum absolute atomic E-state index is 0.201. The van der Waals surface area contributed by atoms with Crippen molar-refractivity contribution in [1.82, 2.24) is 0 Å². The van der Waals surface area contributed by atoms with Crippen LogP contribution >= 0.6 is 0 Å². The van der Waals surface area contributed by atoms with E-state index in [1.807, 2.05) is 0 Å². The second-order valence-electron chi connectivity index (χ2n) is 4.55. The normalized spacial score (nSPS) is 12.8. The summed E-state index contributed by atoms with van der Waals surface area (Å²) in [6.45, 7) is 3.17. The molecule has 1 aromatic rings. The molecular formula is C11H13F3N4O4. The number of nitro benzene ring substituents is 2. The van der Waals surface area contributed by atoms with E-state index in [1.165, 1.54) is 6.92 Å². The van der Waals surface area contributed by atoms with Crippen LogP contribution in [0, 0.1) is 20.2 Å². The fourth-order valence-corrected chi connectivity index (χ4v) is 1.73. The molecule has 11 heteroatoms. The number of anilines is 2. The third-order valence-corrected chi connectivity index (χ3v) is 3.01. The molecule has 0 aromatic heterocycles. The molecule has 0 aliphatic rings. The third kappa shape index (κ3) is 3.35. The van der Waals surface area contributed by atoms with Crippen LogP contribution in [0.5, 0.6) is 0 Å². The SMILES string of the molecule is CCC(C)Nc1c(C(F)(F)F)cc([N+](=O)[O-])c(N)c1[N+](=O)[O-]. The molecule has 0 spiro atoms. The number of benzene rings is 1. The monoisotopic (exact) mass is 322 g/mol. The number of nitro groups is 2. The Hall–Kier alpha value is -2.59. The molecule has 0 heterocycles. The average Bonchev–Trinajstić information content (AvgIpc) is 2.36. The first-order valence-corrected chi connectivity index (χ1v) is 6.09. The maximum Gasteiger partial charge on any atom is 0.418 e. The fraction of sp³-hybridized carbons (Fsp3) is 0.455. The van der Waals surface area contributed by atoms with Gasteiger partial charge in [0, 0.05) is 12.1 Å². The molecule has 0 fully saturated rings. The van der Waals surface area contributed by atoms with Crippen LogP contribution in [0.15, 0.2) is 6.07 Å². The third-order valence-electron chi connectivity index (χ3n) is 3.01. The van der Waals surface area contributed by atoms with Gasteiger partial charge in [0.2, 0.25) is 0 Å². The molecule has 8 nitrogen and oxygen atoms in total. The summed E-state index contributed by atoms with van der Waals surface area (Å²) in [7, 11) is 0. The van der Waals surface area contributed by atoms with E-state index < -0.39 is 50.4 Å².